The molecule has 0 bridgehead atoms. The molecule has 0 fully saturated rings. The normalized spacial score (nSPS) is 12.0. The number of likely N-dealkylation sites (N-methyl/N-ethyl adjacent to an activating group) is 1. The maximum absolute atomic E-state index is 14.4. The summed E-state index contributed by atoms with van der Waals surface area (Å²) in [5, 5.41) is 2.48. The van der Waals surface area contributed by atoms with E-state index >= 15 is 0 Å². The molecule has 1 atom stereocenters. The zero-order valence-electron chi connectivity index (χ0n) is 19.2. The van der Waals surface area contributed by atoms with Crippen LogP contribution in [0.4, 0.5) is 10.1 Å². The highest BCUT2D eigenvalue weighted by atomic mass is 79.9. The number of hydrogen-bond donors (Lipinski definition) is 1. The second-order valence-electron chi connectivity index (χ2n) is 7.71. The SMILES string of the molecule is CNC(=O)[C@H](C)N(Cc1ccccc1F)C(=O)CN(c1cccc(Br)c1)S(=O)(=O)c1ccccc1. The van der Waals surface area contributed by atoms with Crippen molar-refractivity contribution in [2.75, 3.05) is 17.9 Å². The Morgan fingerprint density at radius 3 is 2.29 bits per heavy atom. The molecule has 0 heterocycles. The van der Waals surface area contributed by atoms with Gasteiger partial charge >= 0.3 is 0 Å². The molecule has 0 radical (unpaired) electrons. The lowest BCUT2D eigenvalue weighted by molar-refractivity contribution is -0.139. The number of benzene rings is 3. The van der Waals surface area contributed by atoms with Crippen LogP contribution in [0.2, 0.25) is 0 Å². The van der Waals surface area contributed by atoms with E-state index in [0.29, 0.717) is 4.47 Å². The highest BCUT2D eigenvalue weighted by Gasteiger charge is 2.32. The molecular weight excluding hydrogens is 537 g/mol. The minimum Gasteiger partial charge on any atom is -0.357 e. The molecule has 3 rings (SSSR count). The Kier molecular flexibility index (Phi) is 8.63. The molecule has 35 heavy (non-hydrogen) atoms. The quantitative estimate of drug-likeness (QED) is 0.428. The van der Waals surface area contributed by atoms with Gasteiger partial charge in [0.05, 0.1) is 10.6 Å². The molecule has 0 aliphatic rings. The van der Waals surface area contributed by atoms with Crippen LogP contribution in [-0.2, 0) is 26.2 Å². The minimum atomic E-state index is -4.14. The summed E-state index contributed by atoms with van der Waals surface area (Å²) < 4.78 is 43.2. The fraction of sp³-hybridized carbons (Fsp3) is 0.200. The number of carbonyl (C=O) groups excluding carboxylic acids is 2. The van der Waals surface area contributed by atoms with Crippen LogP contribution in [0.1, 0.15) is 12.5 Å². The van der Waals surface area contributed by atoms with Gasteiger partial charge < -0.3 is 10.2 Å². The maximum Gasteiger partial charge on any atom is 0.264 e. The third-order valence-electron chi connectivity index (χ3n) is 5.42. The van der Waals surface area contributed by atoms with E-state index < -0.39 is 40.2 Å². The number of halogens is 2. The standard InChI is InChI=1S/C25H25BrFN3O4S/c1-18(25(32)28-2)29(16-19-9-6-7-14-23(19)27)24(31)17-30(21-11-8-10-20(26)15-21)35(33,34)22-12-4-3-5-13-22/h3-15,18H,16-17H2,1-2H3,(H,28,32)/t18-/m0/s1. The Hall–Kier alpha value is -3.24. The Bertz CT molecular complexity index is 1300. The van der Waals surface area contributed by atoms with Gasteiger partial charge in [0.2, 0.25) is 11.8 Å². The number of rotatable bonds is 9. The Balaban J connectivity index is 2.04. The van der Waals surface area contributed by atoms with Gasteiger partial charge in [-0.2, -0.15) is 0 Å². The zero-order chi connectivity index (χ0) is 25.6. The van der Waals surface area contributed by atoms with Crippen molar-refractivity contribution in [2.45, 2.75) is 24.4 Å². The Morgan fingerprint density at radius 2 is 1.66 bits per heavy atom. The number of hydrogen-bond acceptors (Lipinski definition) is 4. The molecule has 10 heteroatoms. The van der Waals surface area contributed by atoms with E-state index in [-0.39, 0.29) is 22.7 Å². The summed E-state index contributed by atoms with van der Waals surface area (Å²) in [4.78, 5) is 27.2. The van der Waals surface area contributed by atoms with Gasteiger partial charge in [0.15, 0.2) is 0 Å². The van der Waals surface area contributed by atoms with Crippen molar-refractivity contribution in [3.8, 4) is 0 Å². The second kappa shape index (κ2) is 11.5. The number of carbonyl (C=O) groups is 2. The smallest absolute Gasteiger partial charge is 0.264 e. The van der Waals surface area contributed by atoms with Gasteiger partial charge in [-0.05, 0) is 43.3 Å². The summed E-state index contributed by atoms with van der Waals surface area (Å²) in [7, 11) is -2.71. The highest BCUT2D eigenvalue weighted by Crippen LogP contribution is 2.27. The first-order chi connectivity index (χ1) is 16.6. The summed E-state index contributed by atoms with van der Waals surface area (Å²) in [5.41, 5.74) is 0.464. The highest BCUT2D eigenvalue weighted by molar-refractivity contribution is 9.10. The fourth-order valence-electron chi connectivity index (χ4n) is 3.48. The van der Waals surface area contributed by atoms with Crippen LogP contribution in [0.25, 0.3) is 0 Å². The first-order valence-electron chi connectivity index (χ1n) is 10.7. The summed E-state index contributed by atoms with van der Waals surface area (Å²) in [5.74, 6) is -1.66. The van der Waals surface area contributed by atoms with Crippen molar-refractivity contribution < 1.29 is 22.4 Å². The first kappa shape index (κ1) is 26.4. The summed E-state index contributed by atoms with van der Waals surface area (Å²) >= 11 is 3.34. The number of nitrogens with one attached hydrogen (secondary N) is 1. The molecule has 0 saturated carbocycles. The van der Waals surface area contributed by atoms with Crippen LogP contribution in [0.5, 0.6) is 0 Å². The molecule has 184 valence electrons. The van der Waals surface area contributed by atoms with Gasteiger partial charge in [0.25, 0.3) is 10.0 Å². The zero-order valence-corrected chi connectivity index (χ0v) is 21.6. The largest absolute Gasteiger partial charge is 0.357 e. The van der Waals surface area contributed by atoms with E-state index in [1.54, 1.807) is 48.5 Å². The molecule has 0 aromatic heterocycles. The number of amides is 2. The monoisotopic (exact) mass is 561 g/mol. The van der Waals surface area contributed by atoms with E-state index in [1.807, 2.05) is 0 Å². The van der Waals surface area contributed by atoms with Gasteiger partial charge in [0.1, 0.15) is 18.4 Å². The van der Waals surface area contributed by atoms with Gasteiger partial charge in [0, 0.05) is 23.6 Å². The molecule has 0 aliphatic heterocycles. The Labute approximate surface area is 212 Å². The summed E-state index contributed by atoms with van der Waals surface area (Å²) in [6.07, 6.45) is 0. The van der Waals surface area contributed by atoms with Crippen LogP contribution >= 0.6 is 15.9 Å². The van der Waals surface area contributed by atoms with Crippen LogP contribution in [0, 0.1) is 5.82 Å². The lowest BCUT2D eigenvalue weighted by Gasteiger charge is -2.31. The van der Waals surface area contributed by atoms with E-state index in [2.05, 4.69) is 21.2 Å². The van der Waals surface area contributed by atoms with E-state index in [1.165, 1.54) is 49.2 Å². The van der Waals surface area contributed by atoms with E-state index in [4.69, 9.17) is 0 Å². The third kappa shape index (κ3) is 6.26. The van der Waals surface area contributed by atoms with Gasteiger partial charge in [-0.1, -0.05) is 58.4 Å². The predicted molar refractivity (Wildman–Crippen MR) is 136 cm³/mol. The number of nitrogens with zero attached hydrogens (tertiary/aromatic N) is 2. The van der Waals surface area contributed by atoms with Crippen LogP contribution < -0.4 is 9.62 Å². The van der Waals surface area contributed by atoms with Gasteiger partial charge in [-0.25, -0.2) is 12.8 Å². The third-order valence-corrected chi connectivity index (χ3v) is 7.70. The molecule has 0 aliphatic carbocycles. The summed E-state index contributed by atoms with van der Waals surface area (Å²) in [6, 6.07) is 19.2. The maximum atomic E-state index is 14.4. The molecule has 0 spiro atoms. The summed E-state index contributed by atoms with van der Waals surface area (Å²) in [6.45, 7) is 0.702. The lowest BCUT2D eigenvalue weighted by atomic mass is 10.1. The van der Waals surface area contributed by atoms with Crippen molar-refractivity contribution in [1.82, 2.24) is 10.2 Å². The van der Waals surface area contributed by atoms with Gasteiger partial charge in [-0.15, -0.1) is 0 Å². The van der Waals surface area contributed by atoms with Gasteiger partial charge in [-0.3, -0.25) is 13.9 Å². The van der Waals surface area contributed by atoms with Crippen LogP contribution in [0.3, 0.4) is 0 Å². The minimum absolute atomic E-state index is 0.00720. The van der Waals surface area contributed by atoms with Crippen LogP contribution in [-0.4, -0.2) is 44.8 Å². The van der Waals surface area contributed by atoms with Crippen molar-refractivity contribution in [2.24, 2.45) is 0 Å². The molecule has 0 saturated heterocycles. The molecular formula is C25H25BrFN3O4S. The molecule has 1 N–H and O–H groups in total. The molecule has 2 amide bonds. The number of anilines is 1. The van der Waals surface area contributed by atoms with E-state index in [9.17, 15) is 22.4 Å². The lowest BCUT2D eigenvalue weighted by Crippen LogP contribution is -2.50. The van der Waals surface area contributed by atoms with E-state index in [0.717, 1.165) is 4.31 Å². The van der Waals surface area contributed by atoms with Crippen molar-refractivity contribution in [3.05, 3.63) is 94.7 Å². The predicted octanol–water partition coefficient (Wildman–Crippen LogP) is 3.95. The Morgan fingerprint density at radius 1 is 1.00 bits per heavy atom. The average Bonchev–Trinajstić information content (AvgIpc) is 2.86. The van der Waals surface area contributed by atoms with Crippen LogP contribution in [0.15, 0.2) is 88.2 Å². The van der Waals surface area contributed by atoms with Crippen molar-refractivity contribution in [3.63, 3.8) is 0 Å². The number of sulfonamides is 1. The van der Waals surface area contributed by atoms with Crippen molar-refractivity contribution in [1.29, 1.82) is 0 Å². The van der Waals surface area contributed by atoms with Crippen molar-refractivity contribution >= 4 is 43.5 Å². The first-order valence-corrected chi connectivity index (χ1v) is 13.0. The molecule has 0 unspecified atom stereocenters. The molecule has 3 aromatic rings. The second-order valence-corrected chi connectivity index (χ2v) is 10.5. The molecule has 7 nitrogen and oxygen atoms in total. The topological polar surface area (TPSA) is 86.8 Å². The fourth-order valence-corrected chi connectivity index (χ4v) is 5.30. The average molecular weight is 562 g/mol. The molecule has 3 aromatic carbocycles.